The van der Waals surface area contributed by atoms with Crippen molar-refractivity contribution in [2.24, 2.45) is 0 Å². The van der Waals surface area contributed by atoms with Crippen molar-refractivity contribution in [3.8, 4) is 11.5 Å². The lowest BCUT2D eigenvalue weighted by molar-refractivity contribution is 0.167. The fourth-order valence-electron chi connectivity index (χ4n) is 2.52. The van der Waals surface area contributed by atoms with Crippen molar-refractivity contribution in [3.05, 3.63) is 59.9 Å². The molecule has 1 N–H and O–H groups in total. The first-order chi connectivity index (χ1) is 10.8. The molecule has 0 radical (unpaired) electrons. The summed E-state index contributed by atoms with van der Waals surface area (Å²) in [6.45, 7) is 2.33. The average molecular weight is 301 g/mol. The number of hydrogen-bond donors (Lipinski definition) is 1. The number of hydrogen-bond acceptors (Lipinski definition) is 3. The summed E-state index contributed by atoms with van der Waals surface area (Å²) < 4.78 is 24.7. The van der Waals surface area contributed by atoms with E-state index < -0.39 is 0 Å². The number of halogens is 1. The zero-order valence-corrected chi connectivity index (χ0v) is 12.4. The number of ether oxygens (including phenoxy) is 2. The molecule has 116 valence electrons. The molecule has 3 rings (SSSR count). The van der Waals surface area contributed by atoms with Crippen LogP contribution >= 0.6 is 0 Å². The summed E-state index contributed by atoms with van der Waals surface area (Å²) >= 11 is 0. The topological polar surface area (TPSA) is 30.5 Å². The minimum atomic E-state index is -0.245. The first-order valence-electron chi connectivity index (χ1n) is 7.64. The van der Waals surface area contributed by atoms with Crippen molar-refractivity contribution in [3.63, 3.8) is 0 Å². The quantitative estimate of drug-likeness (QED) is 0.916. The molecule has 2 aromatic carbocycles. The molecule has 22 heavy (non-hydrogen) atoms. The number of piperidine rings is 1. The molecule has 1 heterocycles. The normalized spacial score (nSPS) is 18.0. The van der Waals surface area contributed by atoms with Crippen molar-refractivity contribution in [2.45, 2.75) is 25.6 Å². The van der Waals surface area contributed by atoms with E-state index in [1.54, 1.807) is 6.07 Å². The molecular weight excluding hydrogens is 281 g/mol. The van der Waals surface area contributed by atoms with Gasteiger partial charge in [0.25, 0.3) is 0 Å². The monoisotopic (exact) mass is 301 g/mol. The Morgan fingerprint density at radius 1 is 1.09 bits per heavy atom. The number of rotatable bonds is 5. The Morgan fingerprint density at radius 3 is 2.64 bits per heavy atom. The van der Waals surface area contributed by atoms with Crippen molar-refractivity contribution in [2.75, 3.05) is 13.1 Å². The molecular formula is C18H20FNO2. The summed E-state index contributed by atoms with van der Waals surface area (Å²) in [5.41, 5.74) is 0.814. The summed E-state index contributed by atoms with van der Waals surface area (Å²) in [6.07, 6.45) is 2.48. The van der Waals surface area contributed by atoms with Crippen LogP contribution in [0.1, 0.15) is 18.4 Å². The summed E-state index contributed by atoms with van der Waals surface area (Å²) in [4.78, 5) is 0. The predicted octanol–water partition coefficient (Wildman–Crippen LogP) is 3.54. The highest BCUT2D eigenvalue weighted by Crippen LogP contribution is 2.21. The van der Waals surface area contributed by atoms with E-state index in [2.05, 4.69) is 5.32 Å². The molecule has 3 nitrogen and oxygen atoms in total. The molecule has 1 atom stereocenters. The van der Waals surface area contributed by atoms with Gasteiger partial charge in [0.1, 0.15) is 30.0 Å². The van der Waals surface area contributed by atoms with Crippen LogP contribution in [0.2, 0.25) is 0 Å². The highest BCUT2D eigenvalue weighted by Gasteiger charge is 2.14. The SMILES string of the molecule is Fc1cccc(COc2ccc(OC3CCCNC3)cc2)c1. The minimum absolute atomic E-state index is 0.243. The van der Waals surface area contributed by atoms with Gasteiger partial charge in [0.05, 0.1) is 0 Å². The van der Waals surface area contributed by atoms with Crippen LogP contribution in [0.5, 0.6) is 11.5 Å². The van der Waals surface area contributed by atoms with Gasteiger partial charge in [-0.05, 0) is 61.3 Å². The molecule has 0 bridgehead atoms. The first-order valence-corrected chi connectivity index (χ1v) is 7.64. The van der Waals surface area contributed by atoms with E-state index in [-0.39, 0.29) is 11.9 Å². The van der Waals surface area contributed by atoms with Gasteiger partial charge in [-0.15, -0.1) is 0 Å². The Kier molecular flexibility index (Phi) is 4.91. The van der Waals surface area contributed by atoms with Gasteiger partial charge in [-0.2, -0.15) is 0 Å². The second-order valence-corrected chi connectivity index (χ2v) is 5.48. The Labute approximate surface area is 130 Å². The molecule has 0 aromatic heterocycles. The third-order valence-corrected chi connectivity index (χ3v) is 3.67. The van der Waals surface area contributed by atoms with Gasteiger partial charge < -0.3 is 14.8 Å². The van der Waals surface area contributed by atoms with E-state index >= 15 is 0 Å². The smallest absolute Gasteiger partial charge is 0.123 e. The Balaban J connectivity index is 1.52. The van der Waals surface area contributed by atoms with E-state index in [1.807, 2.05) is 30.3 Å². The molecule has 0 saturated carbocycles. The second kappa shape index (κ2) is 7.27. The van der Waals surface area contributed by atoms with Crippen LogP contribution < -0.4 is 14.8 Å². The van der Waals surface area contributed by atoms with Crippen molar-refractivity contribution >= 4 is 0 Å². The molecule has 2 aromatic rings. The lowest BCUT2D eigenvalue weighted by atomic mass is 10.1. The van der Waals surface area contributed by atoms with E-state index in [4.69, 9.17) is 9.47 Å². The molecule has 0 aliphatic carbocycles. The second-order valence-electron chi connectivity index (χ2n) is 5.48. The molecule has 0 spiro atoms. The zero-order chi connectivity index (χ0) is 15.2. The first kappa shape index (κ1) is 14.9. The third-order valence-electron chi connectivity index (χ3n) is 3.67. The van der Waals surface area contributed by atoms with Crippen LogP contribution in [-0.4, -0.2) is 19.2 Å². The molecule has 1 aliphatic rings. The maximum absolute atomic E-state index is 13.1. The minimum Gasteiger partial charge on any atom is -0.489 e. The Hall–Kier alpha value is -2.07. The molecule has 0 amide bonds. The molecule has 1 saturated heterocycles. The maximum Gasteiger partial charge on any atom is 0.123 e. The average Bonchev–Trinajstić information content (AvgIpc) is 2.55. The van der Waals surface area contributed by atoms with Crippen LogP contribution in [0.15, 0.2) is 48.5 Å². The van der Waals surface area contributed by atoms with E-state index in [1.165, 1.54) is 12.1 Å². The zero-order valence-electron chi connectivity index (χ0n) is 12.4. The number of benzene rings is 2. The maximum atomic E-state index is 13.1. The largest absolute Gasteiger partial charge is 0.489 e. The Bertz CT molecular complexity index is 594. The molecule has 1 fully saturated rings. The molecule has 4 heteroatoms. The van der Waals surface area contributed by atoms with Crippen molar-refractivity contribution < 1.29 is 13.9 Å². The lowest BCUT2D eigenvalue weighted by Crippen LogP contribution is -2.37. The van der Waals surface area contributed by atoms with Crippen LogP contribution in [0.4, 0.5) is 4.39 Å². The van der Waals surface area contributed by atoms with Gasteiger partial charge in [0, 0.05) is 6.54 Å². The van der Waals surface area contributed by atoms with Gasteiger partial charge >= 0.3 is 0 Å². The highest BCUT2D eigenvalue weighted by atomic mass is 19.1. The fourth-order valence-corrected chi connectivity index (χ4v) is 2.52. The standard InChI is InChI=1S/C18H20FNO2/c19-15-4-1-3-14(11-15)13-21-16-6-8-17(9-7-16)22-18-5-2-10-20-12-18/h1,3-4,6-9,11,18,20H,2,5,10,12-13H2. The van der Waals surface area contributed by atoms with Gasteiger partial charge in [-0.25, -0.2) is 4.39 Å². The Morgan fingerprint density at radius 2 is 1.91 bits per heavy atom. The summed E-state index contributed by atoms with van der Waals surface area (Å²) in [5.74, 6) is 1.36. The van der Waals surface area contributed by atoms with Crippen molar-refractivity contribution in [1.29, 1.82) is 0 Å². The fraction of sp³-hybridized carbons (Fsp3) is 0.333. The van der Waals surface area contributed by atoms with Gasteiger partial charge in [0.2, 0.25) is 0 Å². The van der Waals surface area contributed by atoms with Crippen molar-refractivity contribution in [1.82, 2.24) is 5.32 Å². The van der Waals surface area contributed by atoms with Crippen LogP contribution in [0, 0.1) is 5.82 Å². The summed E-state index contributed by atoms with van der Waals surface area (Å²) in [5, 5.41) is 3.33. The predicted molar refractivity (Wildman–Crippen MR) is 83.7 cm³/mol. The van der Waals surface area contributed by atoms with Crippen LogP contribution in [-0.2, 0) is 6.61 Å². The molecule has 1 unspecified atom stereocenters. The molecule has 1 aliphatic heterocycles. The van der Waals surface area contributed by atoms with Gasteiger partial charge in [0.15, 0.2) is 0 Å². The summed E-state index contributed by atoms with van der Waals surface area (Å²) in [6, 6.07) is 14.0. The lowest BCUT2D eigenvalue weighted by Gasteiger charge is -2.24. The van der Waals surface area contributed by atoms with Gasteiger partial charge in [-0.1, -0.05) is 12.1 Å². The third kappa shape index (κ3) is 4.21. The highest BCUT2D eigenvalue weighted by molar-refractivity contribution is 5.31. The van der Waals surface area contributed by atoms with E-state index in [0.717, 1.165) is 43.0 Å². The van der Waals surface area contributed by atoms with Gasteiger partial charge in [-0.3, -0.25) is 0 Å². The van der Waals surface area contributed by atoms with E-state index in [0.29, 0.717) is 6.61 Å². The van der Waals surface area contributed by atoms with Crippen LogP contribution in [0.25, 0.3) is 0 Å². The summed E-state index contributed by atoms with van der Waals surface area (Å²) in [7, 11) is 0. The van der Waals surface area contributed by atoms with Crippen LogP contribution in [0.3, 0.4) is 0 Å². The number of nitrogens with one attached hydrogen (secondary N) is 1. The van der Waals surface area contributed by atoms with E-state index in [9.17, 15) is 4.39 Å².